The third kappa shape index (κ3) is 2.39. The highest BCUT2D eigenvalue weighted by Crippen LogP contribution is 2.40. The molecular weight excluding hydrogens is 296 g/mol. The number of halogens is 1. The van der Waals surface area contributed by atoms with Gasteiger partial charge in [-0.25, -0.2) is 0 Å². The number of rotatable bonds is 2. The summed E-state index contributed by atoms with van der Waals surface area (Å²) in [4.78, 5) is 11.2. The lowest BCUT2D eigenvalue weighted by Crippen LogP contribution is -2.12. The van der Waals surface area contributed by atoms with Crippen molar-refractivity contribution in [2.24, 2.45) is 0 Å². The molecule has 0 radical (unpaired) electrons. The van der Waals surface area contributed by atoms with Crippen LogP contribution in [0.3, 0.4) is 0 Å². The van der Waals surface area contributed by atoms with Crippen LogP contribution in [-0.2, 0) is 17.6 Å². The Balaban J connectivity index is 2.61. The molecular formula is C14H17BrO3. The van der Waals surface area contributed by atoms with Gasteiger partial charge >= 0.3 is 5.97 Å². The number of hydrogen-bond donors (Lipinski definition) is 2. The largest absolute Gasteiger partial charge is 0.506 e. The van der Waals surface area contributed by atoms with Crippen molar-refractivity contribution < 1.29 is 15.0 Å². The van der Waals surface area contributed by atoms with Gasteiger partial charge in [0, 0.05) is 5.56 Å². The summed E-state index contributed by atoms with van der Waals surface area (Å²) in [5.41, 5.74) is 2.82. The van der Waals surface area contributed by atoms with Gasteiger partial charge in [-0.1, -0.05) is 6.42 Å². The third-order valence-electron chi connectivity index (χ3n) is 3.67. The first-order chi connectivity index (χ1) is 8.52. The molecule has 0 bridgehead atoms. The second-order valence-electron chi connectivity index (χ2n) is 4.88. The van der Waals surface area contributed by atoms with Crippen LogP contribution in [0.5, 0.6) is 5.75 Å². The van der Waals surface area contributed by atoms with Crippen LogP contribution in [0.15, 0.2) is 10.5 Å². The summed E-state index contributed by atoms with van der Waals surface area (Å²) < 4.78 is 0.603. The quantitative estimate of drug-likeness (QED) is 0.820. The molecule has 0 amide bonds. The number of carboxylic acids is 1. The second kappa shape index (κ2) is 5.31. The lowest BCUT2D eigenvalue weighted by molar-refractivity contribution is -0.138. The van der Waals surface area contributed by atoms with E-state index < -0.39 is 11.9 Å². The first-order valence-electron chi connectivity index (χ1n) is 6.28. The third-order valence-corrected chi connectivity index (χ3v) is 4.28. The molecule has 2 N–H and O–H groups in total. The van der Waals surface area contributed by atoms with Gasteiger partial charge < -0.3 is 10.2 Å². The Morgan fingerprint density at radius 2 is 2.00 bits per heavy atom. The van der Waals surface area contributed by atoms with Gasteiger partial charge in [-0.3, -0.25) is 4.79 Å². The molecule has 2 rings (SSSR count). The van der Waals surface area contributed by atoms with Crippen LogP contribution < -0.4 is 0 Å². The smallest absolute Gasteiger partial charge is 0.310 e. The van der Waals surface area contributed by atoms with E-state index in [0.29, 0.717) is 10.0 Å². The van der Waals surface area contributed by atoms with Crippen LogP contribution in [0, 0.1) is 0 Å². The van der Waals surface area contributed by atoms with Gasteiger partial charge in [0.25, 0.3) is 0 Å². The van der Waals surface area contributed by atoms with Gasteiger partial charge in [0.2, 0.25) is 0 Å². The minimum atomic E-state index is -0.894. The minimum Gasteiger partial charge on any atom is -0.506 e. The number of benzene rings is 1. The molecule has 0 spiro atoms. The number of fused-ring (bicyclic) bond motifs is 1. The van der Waals surface area contributed by atoms with Crippen molar-refractivity contribution in [2.75, 3.05) is 0 Å². The van der Waals surface area contributed by atoms with E-state index in [1.165, 1.54) is 5.56 Å². The molecule has 18 heavy (non-hydrogen) atoms. The SMILES string of the molecule is CC(C(=O)O)c1c(O)c(Br)cc2c1CCCCC2. The van der Waals surface area contributed by atoms with E-state index in [4.69, 9.17) is 0 Å². The van der Waals surface area contributed by atoms with Gasteiger partial charge in [0.1, 0.15) is 5.75 Å². The maximum atomic E-state index is 11.2. The lowest BCUT2D eigenvalue weighted by atomic mass is 9.89. The first-order valence-corrected chi connectivity index (χ1v) is 7.07. The van der Waals surface area contributed by atoms with Gasteiger partial charge in [-0.2, -0.15) is 0 Å². The normalized spacial score (nSPS) is 16.8. The molecule has 0 saturated heterocycles. The number of phenolic OH excluding ortho intramolecular Hbond substituents is 1. The van der Waals surface area contributed by atoms with Crippen LogP contribution in [-0.4, -0.2) is 16.2 Å². The predicted molar refractivity (Wildman–Crippen MR) is 73.1 cm³/mol. The molecule has 1 unspecified atom stereocenters. The highest BCUT2D eigenvalue weighted by atomic mass is 79.9. The van der Waals surface area contributed by atoms with Gasteiger partial charge in [0.15, 0.2) is 0 Å². The molecule has 1 atom stereocenters. The van der Waals surface area contributed by atoms with Crippen molar-refractivity contribution in [2.45, 2.75) is 44.9 Å². The zero-order chi connectivity index (χ0) is 13.3. The van der Waals surface area contributed by atoms with Gasteiger partial charge in [0.05, 0.1) is 10.4 Å². The molecule has 0 aliphatic heterocycles. The molecule has 3 nitrogen and oxygen atoms in total. The van der Waals surface area contributed by atoms with Crippen LogP contribution >= 0.6 is 15.9 Å². The minimum absolute atomic E-state index is 0.0885. The van der Waals surface area contributed by atoms with E-state index in [-0.39, 0.29) is 5.75 Å². The number of carboxylic acid groups (broad SMARTS) is 1. The molecule has 4 heteroatoms. The fraction of sp³-hybridized carbons (Fsp3) is 0.500. The molecule has 0 heterocycles. The Hall–Kier alpha value is -1.03. The summed E-state index contributed by atoms with van der Waals surface area (Å²) in [6.07, 6.45) is 5.18. The van der Waals surface area contributed by atoms with Crippen molar-refractivity contribution in [3.8, 4) is 5.75 Å². The zero-order valence-corrected chi connectivity index (χ0v) is 12.0. The molecule has 0 aromatic heterocycles. The number of phenols is 1. The van der Waals surface area contributed by atoms with Crippen LogP contribution in [0.4, 0.5) is 0 Å². The Kier molecular flexibility index (Phi) is 3.95. The summed E-state index contributed by atoms with van der Waals surface area (Å²) >= 11 is 3.33. The predicted octanol–water partition coefficient (Wildman–Crippen LogP) is 3.61. The van der Waals surface area contributed by atoms with Crippen LogP contribution in [0.1, 0.15) is 48.8 Å². The van der Waals surface area contributed by atoms with E-state index in [9.17, 15) is 15.0 Å². The van der Waals surface area contributed by atoms with E-state index >= 15 is 0 Å². The number of carbonyl (C=O) groups is 1. The second-order valence-corrected chi connectivity index (χ2v) is 5.73. The molecule has 0 fully saturated rings. The fourth-order valence-electron chi connectivity index (χ4n) is 2.66. The molecule has 1 aromatic rings. The molecule has 0 saturated carbocycles. The highest BCUT2D eigenvalue weighted by Gasteiger charge is 2.25. The van der Waals surface area contributed by atoms with Crippen LogP contribution in [0.2, 0.25) is 0 Å². The molecule has 98 valence electrons. The summed E-state index contributed by atoms with van der Waals surface area (Å²) in [5, 5.41) is 19.4. The number of aliphatic carboxylic acids is 1. The van der Waals surface area contributed by atoms with Crippen LogP contribution in [0.25, 0.3) is 0 Å². The fourth-order valence-corrected chi connectivity index (χ4v) is 3.15. The Labute approximate surface area is 115 Å². The zero-order valence-electron chi connectivity index (χ0n) is 10.4. The Bertz CT molecular complexity index is 482. The summed E-state index contributed by atoms with van der Waals surface area (Å²) in [5.74, 6) is -1.48. The first kappa shape index (κ1) is 13.4. The van der Waals surface area contributed by atoms with Crippen molar-refractivity contribution in [3.05, 3.63) is 27.2 Å². The summed E-state index contributed by atoms with van der Waals surface area (Å²) in [7, 11) is 0. The molecule has 1 aliphatic rings. The van der Waals surface area contributed by atoms with Crippen molar-refractivity contribution in [3.63, 3.8) is 0 Å². The Morgan fingerprint density at radius 3 is 2.67 bits per heavy atom. The van der Waals surface area contributed by atoms with Gasteiger partial charge in [-0.15, -0.1) is 0 Å². The van der Waals surface area contributed by atoms with E-state index in [1.54, 1.807) is 6.92 Å². The summed E-state index contributed by atoms with van der Waals surface area (Å²) in [6.45, 7) is 1.63. The standard InChI is InChI=1S/C14H17BrO3/c1-8(14(17)18)12-10-6-4-2-3-5-9(10)7-11(15)13(12)16/h7-8,16H,2-6H2,1H3,(H,17,18). The topological polar surface area (TPSA) is 57.5 Å². The van der Waals surface area contributed by atoms with Gasteiger partial charge in [-0.05, 0) is 65.7 Å². The lowest BCUT2D eigenvalue weighted by Gasteiger charge is -2.18. The number of aromatic hydroxyl groups is 1. The number of hydrogen-bond acceptors (Lipinski definition) is 2. The molecule has 1 aromatic carbocycles. The van der Waals surface area contributed by atoms with E-state index in [2.05, 4.69) is 15.9 Å². The molecule has 1 aliphatic carbocycles. The maximum absolute atomic E-state index is 11.2. The van der Waals surface area contributed by atoms with Crippen molar-refractivity contribution in [1.29, 1.82) is 0 Å². The number of aryl methyl sites for hydroxylation is 1. The van der Waals surface area contributed by atoms with Crippen molar-refractivity contribution in [1.82, 2.24) is 0 Å². The summed E-state index contributed by atoms with van der Waals surface area (Å²) in [6, 6.07) is 1.94. The van der Waals surface area contributed by atoms with E-state index in [0.717, 1.165) is 37.7 Å². The maximum Gasteiger partial charge on any atom is 0.310 e. The van der Waals surface area contributed by atoms with E-state index in [1.807, 2.05) is 6.07 Å². The average molecular weight is 313 g/mol. The monoisotopic (exact) mass is 312 g/mol. The Morgan fingerprint density at radius 1 is 1.33 bits per heavy atom. The van der Waals surface area contributed by atoms with Crippen molar-refractivity contribution >= 4 is 21.9 Å². The average Bonchev–Trinajstić information content (AvgIpc) is 2.55. The highest BCUT2D eigenvalue weighted by molar-refractivity contribution is 9.10.